The molecule has 0 heterocycles. The van der Waals surface area contributed by atoms with Crippen LogP contribution in [-0.2, 0) is 0 Å². The summed E-state index contributed by atoms with van der Waals surface area (Å²) < 4.78 is 5.70. The quantitative estimate of drug-likeness (QED) is 0.746. The van der Waals surface area contributed by atoms with Crippen molar-refractivity contribution in [3.05, 3.63) is 29.8 Å². The van der Waals surface area contributed by atoms with Crippen molar-refractivity contribution in [2.45, 2.75) is 45.8 Å². The van der Waals surface area contributed by atoms with E-state index in [4.69, 9.17) is 9.84 Å². The average Bonchev–Trinajstić information content (AvgIpc) is 2.34. The first-order valence-corrected chi connectivity index (χ1v) is 6.78. The predicted molar refractivity (Wildman–Crippen MR) is 74.9 cm³/mol. The minimum atomic E-state index is 0.181. The highest BCUT2D eigenvalue weighted by molar-refractivity contribution is 5.30. The molecule has 0 radical (unpaired) electrons. The molecule has 0 aliphatic carbocycles. The lowest BCUT2D eigenvalue weighted by Crippen LogP contribution is -2.23. The van der Waals surface area contributed by atoms with Gasteiger partial charge >= 0.3 is 0 Å². The maximum atomic E-state index is 9.14. The molecule has 2 N–H and O–H groups in total. The summed E-state index contributed by atoms with van der Waals surface area (Å²) in [5, 5.41) is 12.6. The van der Waals surface area contributed by atoms with Crippen LogP contribution in [0.3, 0.4) is 0 Å². The number of ether oxygens (including phenoxy) is 1. The molecule has 1 rings (SSSR count). The molecule has 0 fully saturated rings. The zero-order valence-corrected chi connectivity index (χ0v) is 11.6. The molecule has 0 aliphatic rings. The average molecular weight is 251 g/mol. The van der Waals surface area contributed by atoms with E-state index in [1.54, 1.807) is 0 Å². The van der Waals surface area contributed by atoms with Crippen LogP contribution in [0.2, 0.25) is 0 Å². The van der Waals surface area contributed by atoms with Gasteiger partial charge in [-0.15, -0.1) is 0 Å². The van der Waals surface area contributed by atoms with Crippen molar-refractivity contribution in [2.24, 2.45) is 0 Å². The van der Waals surface area contributed by atoms with Gasteiger partial charge in [0.25, 0.3) is 0 Å². The number of nitrogens with one attached hydrogen (secondary N) is 1. The molecule has 18 heavy (non-hydrogen) atoms. The van der Waals surface area contributed by atoms with Gasteiger partial charge < -0.3 is 15.2 Å². The van der Waals surface area contributed by atoms with E-state index in [0.717, 1.165) is 25.1 Å². The molecular formula is C15H25NO2. The van der Waals surface area contributed by atoms with Crippen LogP contribution < -0.4 is 10.1 Å². The zero-order chi connectivity index (χ0) is 13.4. The summed E-state index contributed by atoms with van der Waals surface area (Å²) >= 11 is 0. The first-order chi connectivity index (χ1) is 8.67. The van der Waals surface area contributed by atoms with Gasteiger partial charge in [0.05, 0.1) is 6.10 Å². The largest absolute Gasteiger partial charge is 0.491 e. The van der Waals surface area contributed by atoms with E-state index < -0.39 is 0 Å². The van der Waals surface area contributed by atoms with Gasteiger partial charge in [-0.05, 0) is 50.9 Å². The predicted octanol–water partition coefficient (Wildman–Crippen LogP) is 2.90. The third-order valence-electron chi connectivity index (χ3n) is 2.69. The summed E-state index contributed by atoms with van der Waals surface area (Å²) in [7, 11) is 0. The summed E-state index contributed by atoms with van der Waals surface area (Å²) in [6, 6.07) is 8.31. The van der Waals surface area contributed by atoms with Crippen LogP contribution in [-0.4, -0.2) is 24.4 Å². The third kappa shape index (κ3) is 5.07. The van der Waals surface area contributed by atoms with Crippen molar-refractivity contribution in [1.82, 2.24) is 5.32 Å². The van der Waals surface area contributed by atoms with Gasteiger partial charge in [-0.2, -0.15) is 0 Å². The van der Waals surface area contributed by atoms with Crippen molar-refractivity contribution in [2.75, 3.05) is 13.2 Å². The van der Waals surface area contributed by atoms with Gasteiger partial charge in [0.1, 0.15) is 5.75 Å². The molecule has 3 heteroatoms. The minimum Gasteiger partial charge on any atom is -0.491 e. The fraction of sp³-hybridized carbons (Fsp3) is 0.600. The van der Waals surface area contributed by atoms with Gasteiger partial charge in [0.15, 0.2) is 0 Å². The molecule has 0 amide bonds. The fourth-order valence-electron chi connectivity index (χ4n) is 1.91. The second-order valence-corrected chi connectivity index (χ2v) is 4.76. The second-order valence-electron chi connectivity index (χ2n) is 4.76. The number of rotatable bonds is 8. The van der Waals surface area contributed by atoms with E-state index in [0.29, 0.717) is 0 Å². The Bertz CT molecular complexity index is 339. The maximum Gasteiger partial charge on any atom is 0.120 e. The van der Waals surface area contributed by atoms with E-state index in [1.165, 1.54) is 5.56 Å². The van der Waals surface area contributed by atoms with Crippen LogP contribution in [0.5, 0.6) is 5.75 Å². The van der Waals surface area contributed by atoms with Gasteiger partial charge in [-0.3, -0.25) is 0 Å². The fourth-order valence-corrected chi connectivity index (χ4v) is 1.91. The Labute approximate surface area is 110 Å². The van der Waals surface area contributed by atoms with Gasteiger partial charge in [0, 0.05) is 12.6 Å². The van der Waals surface area contributed by atoms with Crippen LogP contribution in [0.1, 0.15) is 45.2 Å². The van der Waals surface area contributed by atoms with Crippen molar-refractivity contribution >= 4 is 0 Å². The van der Waals surface area contributed by atoms with Crippen molar-refractivity contribution in [1.29, 1.82) is 0 Å². The molecule has 102 valence electrons. The van der Waals surface area contributed by atoms with E-state index in [-0.39, 0.29) is 18.8 Å². The topological polar surface area (TPSA) is 41.5 Å². The number of aliphatic hydroxyl groups is 1. The van der Waals surface area contributed by atoms with E-state index >= 15 is 0 Å². The highest BCUT2D eigenvalue weighted by atomic mass is 16.5. The van der Waals surface area contributed by atoms with Crippen LogP contribution in [0.4, 0.5) is 0 Å². The zero-order valence-electron chi connectivity index (χ0n) is 11.6. The van der Waals surface area contributed by atoms with Crippen LogP contribution in [0, 0.1) is 0 Å². The molecule has 0 bridgehead atoms. The Balaban J connectivity index is 2.76. The molecule has 0 aliphatic heterocycles. The number of hydrogen-bond acceptors (Lipinski definition) is 3. The highest BCUT2D eigenvalue weighted by Gasteiger charge is 2.11. The van der Waals surface area contributed by atoms with Crippen LogP contribution in [0.15, 0.2) is 24.3 Å². The molecular weight excluding hydrogens is 226 g/mol. The third-order valence-corrected chi connectivity index (χ3v) is 2.69. The molecule has 0 saturated heterocycles. The highest BCUT2D eigenvalue weighted by Crippen LogP contribution is 2.22. The summed E-state index contributed by atoms with van der Waals surface area (Å²) in [6.45, 7) is 7.33. The molecule has 0 spiro atoms. The minimum absolute atomic E-state index is 0.181. The number of hydrogen-bond donors (Lipinski definition) is 2. The lowest BCUT2D eigenvalue weighted by molar-refractivity contribution is 0.241. The Morgan fingerprint density at radius 1 is 1.33 bits per heavy atom. The standard InChI is InChI=1S/C15H25NO2/c1-4-9-16-15(8-10-17)13-6-5-7-14(11-13)18-12(2)3/h5-7,11-12,15-17H,4,8-10H2,1-3H3. The summed E-state index contributed by atoms with van der Waals surface area (Å²) in [4.78, 5) is 0. The van der Waals surface area contributed by atoms with E-state index in [1.807, 2.05) is 26.0 Å². The van der Waals surface area contributed by atoms with Crippen molar-refractivity contribution in [3.63, 3.8) is 0 Å². The first kappa shape index (κ1) is 15.0. The van der Waals surface area contributed by atoms with Gasteiger partial charge in [0.2, 0.25) is 0 Å². The smallest absolute Gasteiger partial charge is 0.120 e. The summed E-state index contributed by atoms with van der Waals surface area (Å²) in [5.41, 5.74) is 1.18. The number of aliphatic hydroxyl groups excluding tert-OH is 1. The van der Waals surface area contributed by atoms with E-state index in [2.05, 4.69) is 24.4 Å². The summed E-state index contributed by atoms with van der Waals surface area (Å²) in [6.07, 6.45) is 2.00. The Kier molecular flexibility index (Phi) is 6.76. The SMILES string of the molecule is CCCNC(CCO)c1cccc(OC(C)C)c1. The molecule has 1 aromatic rings. The summed E-state index contributed by atoms with van der Waals surface area (Å²) in [5.74, 6) is 0.892. The first-order valence-electron chi connectivity index (χ1n) is 6.78. The van der Waals surface area contributed by atoms with Crippen LogP contribution in [0.25, 0.3) is 0 Å². The Hall–Kier alpha value is -1.06. The van der Waals surface area contributed by atoms with Crippen LogP contribution >= 0.6 is 0 Å². The van der Waals surface area contributed by atoms with Gasteiger partial charge in [-0.25, -0.2) is 0 Å². The molecule has 1 aromatic carbocycles. The number of benzene rings is 1. The molecule has 0 aromatic heterocycles. The monoisotopic (exact) mass is 251 g/mol. The maximum absolute atomic E-state index is 9.14. The Morgan fingerprint density at radius 3 is 2.72 bits per heavy atom. The van der Waals surface area contributed by atoms with Crippen molar-refractivity contribution in [3.8, 4) is 5.75 Å². The molecule has 3 nitrogen and oxygen atoms in total. The lowest BCUT2D eigenvalue weighted by Gasteiger charge is -2.19. The normalized spacial score (nSPS) is 12.7. The van der Waals surface area contributed by atoms with Crippen molar-refractivity contribution < 1.29 is 9.84 Å². The second kappa shape index (κ2) is 8.11. The molecule has 1 atom stereocenters. The van der Waals surface area contributed by atoms with E-state index in [9.17, 15) is 0 Å². The van der Waals surface area contributed by atoms with Gasteiger partial charge in [-0.1, -0.05) is 19.1 Å². The molecule has 1 unspecified atom stereocenters. The lowest BCUT2D eigenvalue weighted by atomic mass is 10.0. The Morgan fingerprint density at radius 2 is 2.11 bits per heavy atom. The molecule has 0 saturated carbocycles.